The van der Waals surface area contributed by atoms with E-state index in [1.165, 1.54) is 23.9 Å². The number of rotatable bonds is 8. The number of unbranched alkanes of at least 4 members (excludes halogenated alkanes) is 2. The van der Waals surface area contributed by atoms with E-state index in [1.54, 1.807) is 18.2 Å². The van der Waals surface area contributed by atoms with E-state index in [2.05, 4.69) is 12.2 Å². The Morgan fingerprint density at radius 2 is 1.72 bits per heavy atom. The Morgan fingerprint density at radius 1 is 1.00 bits per heavy atom. The zero-order valence-corrected chi connectivity index (χ0v) is 17.1. The predicted molar refractivity (Wildman–Crippen MR) is 117 cm³/mol. The van der Waals surface area contributed by atoms with E-state index in [-0.39, 0.29) is 17.5 Å². The van der Waals surface area contributed by atoms with E-state index in [0.717, 1.165) is 40.2 Å². The van der Waals surface area contributed by atoms with Gasteiger partial charge in [-0.25, -0.2) is 4.39 Å². The maximum absolute atomic E-state index is 13.3. The molecule has 2 N–H and O–H groups in total. The van der Waals surface area contributed by atoms with Crippen molar-refractivity contribution in [1.82, 2.24) is 0 Å². The van der Waals surface area contributed by atoms with Crippen LogP contribution < -0.4 is 5.32 Å². The third-order valence-electron chi connectivity index (χ3n) is 4.53. The first-order chi connectivity index (χ1) is 14.1. The molecule has 0 aromatic heterocycles. The summed E-state index contributed by atoms with van der Waals surface area (Å²) in [6.45, 7) is 2.09. The van der Waals surface area contributed by atoms with Crippen LogP contribution in [0.2, 0.25) is 0 Å². The molecule has 0 saturated heterocycles. The van der Waals surface area contributed by atoms with Gasteiger partial charge in [-0.3, -0.25) is 4.79 Å². The SMILES string of the molecule is CCCCCC(=O)Nc1c(O)ccc(-c2ccccc2)c1Sc1ccc(F)cc1. The highest BCUT2D eigenvalue weighted by atomic mass is 32.2. The Hall–Kier alpha value is -2.79. The molecular formula is C24H24FNO2S. The van der Waals surface area contributed by atoms with Gasteiger partial charge in [0.25, 0.3) is 0 Å². The highest BCUT2D eigenvalue weighted by Crippen LogP contribution is 2.45. The van der Waals surface area contributed by atoms with E-state index in [0.29, 0.717) is 12.1 Å². The molecule has 5 heteroatoms. The standard InChI is InChI=1S/C24H24FNO2S/c1-2-3-5-10-22(28)26-23-21(27)16-15-20(17-8-6-4-7-9-17)24(23)29-19-13-11-18(25)12-14-19/h4,6-9,11-16,27H,2-3,5,10H2,1H3,(H,26,28). The fraction of sp³-hybridized carbons (Fsp3) is 0.208. The van der Waals surface area contributed by atoms with Crippen LogP contribution in [0.15, 0.2) is 76.5 Å². The molecule has 0 bridgehead atoms. The van der Waals surface area contributed by atoms with Crippen molar-refractivity contribution in [3.8, 4) is 16.9 Å². The second kappa shape index (κ2) is 10.1. The molecule has 0 aliphatic heterocycles. The Kier molecular flexibility index (Phi) is 7.30. The number of hydrogen-bond acceptors (Lipinski definition) is 3. The van der Waals surface area contributed by atoms with E-state index < -0.39 is 0 Å². The number of carbonyl (C=O) groups is 1. The lowest BCUT2D eigenvalue weighted by Gasteiger charge is -2.17. The molecule has 3 aromatic carbocycles. The van der Waals surface area contributed by atoms with Gasteiger partial charge in [0.1, 0.15) is 11.6 Å². The molecule has 0 aliphatic carbocycles. The Morgan fingerprint density at radius 3 is 2.41 bits per heavy atom. The molecule has 0 unspecified atom stereocenters. The zero-order valence-electron chi connectivity index (χ0n) is 16.3. The summed E-state index contributed by atoms with van der Waals surface area (Å²) in [6.07, 6.45) is 3.24. The smallest absolute Gasteiger partial charge is 0.224 e. The molecule has 150 valence electrons. The summed E-state index contributed by atoms with van der Waals surface area (Å²) in [7, 11) is 0. The summed E-state index contributed by atoms with van der Waals surface area (Å²) in [5.74, 6) is -0.420. The number of hydrogen-bond donors (Lipinski definition) is 2. The Labute approximate surface area is 175 Å². The van der Waals surface area contributed by atoms with Crippen molar-refractivity contribution >= 4 is 23.4 Å². The number of halogens is 1. The predicted octanol–water partition coefficient (Wildman–Crippen LogP) is 6.87. The summed E-state index contributed by atoms with van der Waals surface area (Å²) in [4.78, 5) is 14.0. The van der Waals surface area contributed by atoms with Crippen molar-refractivity contribution in [3.63, 3.8) is 0 Å². The van der Waals surface area contributed by atoms with Gasteiger partial charge in [-0.1, -0.05) is 61.9 Å². The molecule has 0 heterocycles. The van der Waals surface area contributed by atoms with Gasteiger partial charge >= 0.3 is 0 Å². The van der Waals surface area contributed by atoms with Gasteiger partial charge in [0.15, 0.2) is 0 Å². The first-order valence-electron chi connectivity index (χ1n) is 9.73. The van der Waals surface area contributed by atoms with Gasteiger partial charge in [0.05, 0.1) is 5.69 Å². The number of phenols is 1. The van der Waals surface area contributed by atoms with Crippen molar-refractivity contribution < 1.29 is 14.3 Å². The second-order valence-corrected chi connectivity index (χ2v) is 7.85. The van der Waals surface area contributed by atoms with Crippen LogP contribution in [-0.4, -0.2) is 11.0 Å². The first-order valence-corrected chi connectivity index (χ1v) is 10.5. The van der Waals surface area contributed by atoms with Crippen molar-refractivity contribution in [3.05, 3.63) is 72.5 Å². The monoisotopic (exact) mass is 409 g/mol. The van der Waals surface area contributed by atoms with E-state index in [9.17, 15) is 14.3 Å². The van der Waals surface area contributed by atoms with Crippen LogP contribution in [0.25, 0.3) is 11.1 Å². The molecule has 0 radical (unpaired) electrons. The molecule has 3 aromatic rings. The van der Waals surface area contributed by atoms with Gasteiger partial charge in [-0.05, 0) is 53.9 Å². The minimum atomic E-state index is -0.307. The van der Waals surface area contributed by atoms with Crippen LogP contribution in [0, 0.1) is 5.82 Å². The Bertz CT molecular complexity index is 959. The molecule has 0 saturated carbocycles. The summed E-state index contributed by atoms with van der Waals surface area (Å²) in [6, 6.07) is 19.4. The maximum Gasteiger partial charge on any atom is 0.224 e. The van der Waals surface area contributed by atoms with Crippen LogP contribution >= 0.6 is 11.8 Å². The quantitative estimate of drug-likeness (QED) is 0.315. The lowest BCUT2D eigenvalue weighted by Crippen LogP contribution is -2.12. The fourth-order valence-corrected chi connectivity index (χ4v) is 4.06. The summed E-state index contributed by atoms with van der Waals surface area (Å²) < 4.78 is 13.3. The third kappa shape index (κ3) is 5.61. The summed E-state index contributed by atoms with van der Waals surface area (Å²) >= 11 is 1.39. The molecule has 29 heavy (non-hydrogen) atoms. The second-order valence-electron chi connectivity index (χ2n) is 6.76. The first kappa shape index (κ1) is 20.9. The van der Waals surface area contributed by atoms with E-state index in [1.807, 2.05) is 36.4 Å². The number of carbonyl (C=O) groups excluding carboxylic acids is 1. The van der Waals surface area contributed by atoms with Gasteiger partial charge in [0.2, 0.25) is 5.91 Å². The lowest BCUT2D eigenvalue weighted by atomic mass is 10.0. The van der Waals surface area contributed by atoms with Crippen LogP contribution in [0.4, 0.5) is 10.1 Å². The van der Waals surface area contributed by atoms with Gasteiger partial charge in [-0.2, -0.15) is 0 Å². The fourth-order valence-electron chi connectivity index (χ4n) is 3.00. The molecule has 1 amide bonds. The van der Waals surface area contributed by atoms with Crippen molar-refractivity contribution in [2.24, 2.45) is 0 Å². The normalized spacial score (nSPS) is 10.7. The van der Waals surface area contributed by atoms with Crippen LogP contribution in [0.5, 0.6) is 5.75 Å². The number of phenolic OH excluding ortho intramolecular Hbond substituents is 1. The van der Waals surface area contributed by atoms with Gasteiger partial charge in [-0.15, -0.1) is 0 Å². The number of amides is 1. The maximum atomic E-state index is 13.3. The number of aromatic hydroxyl groups is 1. The number of nitrogens with one attached hydrogen (secondary N) is 1. The summed E-state index contributed by atoms with van der Waals surface area (Å²) in [5, 5.41) is 13.4. The Balaban J connectivity index is 2.00. The largest absolute Gasteiger partial charge is 0.506 e. The van der Waals surface area contributed by atoms with E-state index >= 15 is 0 Å². The molecule has 0 spiro atoms. The zero-order chi connectivity index (χ0) is 20.6. The van der Waals surface area contributed by atoms with Crippen LogP contribution in [0.3, 0.4) is 0 Å². The van der Waals surface area contributed by atoms with Gasteiger partial charge in [0, 0.05) is 16.2 Å². The molecule has 3 rings (SSSR count). The average Bonchev–Trinajstić information content (AvgIpc) is 2.73. The minimum Gasteiger partial charge on any atom is -0.506 e. The summed E-state index contributed by atoms with van der Waals surface area (Å²) in [5.41, 5.74) is 2.25. The molecule has 3 nitrogen and oxygen atoms in total. The third-order valence-corrected chi connectivity index (χ3v) is 5.66. The van der Waals surface area contributed by atoms with E-state index in [4.69, 9.17) is 0 Å². The van der Waals surface area contributed by atoms with Crippen molar-refractivity contribution in [2.45, 2.75) is 42.4 Å². The molecule has 0 fully saturated rings. The number of anilines is 1. The minimum absolute atomic E-state index is 0.0122. The lowest BCUT2D eigenvalue weighted by molar-refractivity contribution is -0.116. The molecule has 0 atom stereocenters. The van der Waals surface area contributed by atoms with Crippen LogP contribution in [0.1, 0.15) is 32.6 Å². The van der Waals surface area contributed by atoms with Crippen molar-refractivity contribution in [2.75, 3.05) is 5.32 Å². The topological polar surface area (TPSA) is 49.3 Å². The molecular weight excluding hydrogens is 385 g/mol. The highest BCUT2D eigenvalue weighted by molar-refractivity contribution is 7.99. The average molecular weight is 410 g/mol. The molecule has 0 aliphatic rings. The highest BCUT2D eigenvalue weighted by Gasteiger charge is 2.18. The van der Waals surface area contributed by atoms with Crippen molar-refractivity contribution in [1.29, 1.82) is 0 Å². The van der Waals surface area contributed by atoms with Crippen LogP contribution in [-0.2, 0) is 4.79 Å². The number of benzene rings is 3. The van der Waals surface area contributed by atoms with Gasteiger partial charge < -0.3 is 10.4 Å².